The van der Waals surface area contributed by atoms with Gasteiger partial charge in [-0.05, 0) is 30.2 Å². The molecule has 0 aliphatic carbocycles. The molecule has 27 heavy (non-hydrogen) atoms. The lowest BCUT2D eigenvalue weighted by Gasteiger charge is -2.23. The molecule has 1 heterocycles. The second kappa shape index (κ2) is 8.94. The van der Waals surface area contributed by atoms with Crippen LogP contribution < -0.4 is 10.5 Å². The molecule has 0 saturated carbocycles. The monoisotopic (exact) mass is 361 g/mol. The first-order valence-electron chi connectivity index (χ1n) is 9.18. The molecular formula is C22H23N3O2. The molecule has 0 N–H and O–H groups in total. The average molecular weight is 361 g/mol. The molecule has 2 aromatic carbocycles. The Bertz CT molecular complexity index is 937. The maximum absolute atomic E-state index is 13.2. The van der Waals surface area contributed by atoms with Crippen LogP contribution in [-0.4, -0.2) is 15.7 Å². The Kier molecular flexibility index (Phi) is 6.15. The number of hydrogen-bond acceptors (Lipinski definition) is 3. The largest absolute Gasteiger partial charge is 0.303 e. The lowest BCUT2D eigenvalue weighted by molar-refractivity contribution is 0.0977. The predicted octanol–water partition coefficient (Wildman–Crippen LogP) is 3.89. The fourth-order valence-electron chi connectivity index (χ4n) is 2.82. The Morgan fingerprint density at radius 2 is 1.63 bits per heavy atom. The topological polar surface area (TPSA) is 55.2 Å². The van der Waals surface area contributed by atoms with Crippen LogP contribution in [0.1, 0.15) is 35.8 Å². The van der Waals surface area contributed by atoms with Gasteiger partial charge in [0.2, 0.25) is 0 Å². The van der Waals surface area contributed by atoms with Crippen molar-refractivity contribution < 1.29 is 4.79 Å². The molecule has 1 aromatic heterocycles. The van der Waals surface area contributed by atoms with E-state index in [9.17, 15) is 9.59 Å². The number of carbonyl (C=O) groups excluding carboxylic acids is 1. The predicted molar refractivity (Wildman–Crippen MR) is 107 cm³/mol. The van der Waals surface area contributed by atoms with Crippen LogP contribution >= 0.6 is 0 Å². The summed E-state index contributed by atoms with van der Waals surface area (Å²) in [4.78, 5) is 26.9. The molecule has 0 unspecified atom stereocenters. The van der Waals surface area contributed by atoms with Gasteiger partial charge < -0.3 is 4.90 Å². The molecule has 3 aromatic rings. The molecule has 0 radical (unpaired) electrons. The quantitative estimate of drug-likeness (QED) is 0.641. The van der Waals surface area contributed by atoms with E-state index in [1.807, 2.05) is 60.7 Å². The second-order valence-corrected chi connectivity index (χ2v) is 6.35. The highest BCUT2D eigenvalue weighted by Crippen LogP contribution is 2.19. The maximum Gasteiger partial charge on any atom is 0.279 e. The number of unbranched alkanes of at least 4 members (excludes halogenated alkanes) is 1. The minimum absolute atomic E-state index is 0.186. The molecule has 0 saturated heterocycles. The summed E-state index contributed by atoms with van der Waals surface area (Å²) in [5.74, 6) is -0.227. The number of nitrogens with zero attached hydrogens (tertiary/aromatic N) is 3. The van der Waals surface area contributed by atoms with Crippen molar-refractivity contribution in [1.29, 1.82) is 0 Å². The third-order valence-corrected chi connectivity index (χ3v) is 4.31. The number of amides is 1. The van der Waals surface area contributed by atoms with Gasteiger partial charge in [0.25, 0.3) is 11.5 Å². The van der Waals surface area contributed by atoms with Crippen LogP contribution in [0.4, 0.5) is 5.69 Å². The zero-order chi connectivity index (χ0) is 19.1. The number of benzene rings is 2. The summed E-state index contributed by atoms with van der Waals surface area (Å²) < 4.78 is 1.38. The van der Waals surface area contributed by atoms with Gasteiger partial charge in [-0.25, -0.2) is 4.68 Å². The summed E-state index contributed by atoms with van der Waals surface area (Å²) in [6, 6.07) is 22.3. The molecule has 1 amide bonds. The SMILES string of the molecule is CCCCn1nc(C(=O)N(Cc2ccccc2)c2ccccc2)ccc1=O. The van der Waals surface area contributed by atoms with Gasteiger partial charge >= 0.3 is 0 Å². The van der Waals surface area contributed by atoms with Crippen LogP contribution in [0, 0.1) is 0 Å². The molecule has 0 aliphatic rings. The summed E-state index contributed by atoms with van der Waals surface area (Å²) in [5, 5.41) is 4.31. The summed E-state index contributed by atoms with van der Waals surface area (Å²) in [6.45, 7) is 3.00. The molecule has 5 heteroatoms. The Morgan fingerprint density at radius 3 is 2.30 bits per heavy atom. The molecule has 138 valence electrons. The van der Waals surface area contributed by atoms with Crippen LogP contribution in [0.3, 0.4) is 0 Å². The third kappa shape index (κ3) is 4.70. The first-order valence-corrected chi connectivity index (χ1v) is 9.18. The van der Waals surface area contributed by atoms with E-state index in [0.717, 1.165) is 24.1 Å². The zero-order valence-corrected chi connectivity index (χ0v) is 15.4. The van der Waals surface area contributed by atoms with E-state index >= 15 is 0 Å². The van der Waals surface area contributed by atoms with Gasteiger partial charge in [0.05, 0.1) is 6.54 Å². The van der Waals surface area contributed by atoms with E-state index in [0.29, 0.717) is 13.1 Å². The highest BCUT2D eigenvalue weighted by atomic mass is 16.2. The van der Waals surface area contributed by atoms with Gasteiger partial charge in [-0.1, -0.05) is 61.9 Å². The number of rotatable bonds is 7. The highest BCUT2D eigenvalue weighted by Gasteiger charge is 2.20. The van der Waals surface area contributed by atoms with Crippen LogP contribution in [0.2, 0.25) is 0 Å². The van der Waals surface area contributed by atoms with Crippen LogP contribution in [-0.2, 0) is 13.1 Å². The van der Waals surface area contributed by atoms with E-state index in [2.05, 4.69) is 12.0 Å². The summed E-state index contributed by atoms with van der Waals surface area (Å²) >= 11 is 0. The Labute approximate surface area is 158 Å². The lowest BCUT2D eigenvalue weighted by Crippen LogP contribution is -2.33. The number of aromatic nitrogens is 2. The van der Waals surface area contributed by atoms with Gasteiger partial charge in [-0.2, -0.15) is 5.10 Å². The second-order valence-electron chi connectivity index (χ2n) is 6.35. The minimum atomic E-state index is -0.227. The van der Waals surface area contributed by atoms with Crippen LogP contribution in [0.5, 0.6) is 0 Å². The fraction of sp³-hybridized carbons (Fsp3) is 0.227. The van der Waals surface area contributed by atoms with Crippen molar-refractivity contribution in [3.63, 3.8) is 0 Å². The number of anilines is 1. The molecular weight excluding hydrogens is 338 g/mol. The Morgan fingerprint density at radius 1 is 0.963 bits per heavy atom. The van der Waals surface area contributed by atoms with Crippen LogP contribution in [0.25, 0.3) is 0 Å². The number of para-hydroxylation sites is 1. The highest BCUT2D eigenvalue weighted by molar-refractivity contribution is 6.04. The van der Waals surface area contributed by atoms with Crippen molar-refractivity contribution in [3.8, 4) is 0 Å². The molecule has 0 bridgehead atoms. The van der Waals surface area contributed by atoms with E-state index in [4.69, 9.17) is 0 Å². The molecule has 5 nitrogen and oxygen atoms in total. The fourth-order valence-corrected chi connectivity index (χ4v) is 2.82. The molecule has 0 spiro atoms. The van der Waals surface area contributed by atoms with E-state index in [1.54, 1.807) is 4.90 Å². The third-order valence-electron chi connectivity index (χ3n) is 4.31. The summed E-state index contributed by atoms with van der Waals surface area (Å²) in [5.41, 5.74) is 1.90. The Hall–Kier alpha value is -3.21. The van der Waals surface area contributed by atoms with E-state index in [1.165, 1.54) is 16.8 Å². The van der Waals surface area contributed by atoms with Gasteiger partial charge in [-0.3, -0.25) is 9.59 Å². The first kappa shape index (κ1) is 18.6. The van der Waals surface area contributed by atoms with Crippen LogP contribution in [0.15, 0.2) is 77.6 Å². The molecule has 0 aliphatic heterocycles. The van der Waals surface area contributed by atoms with Crippen molar-refractivity contribution in [2.24, 2.45) is 0 Å². The number of carbonyl (C=O) groups is 1. The number of hydrogen-bond donors (Lipinski definition) is 0. The maximum atomic E-state index is 13.2. The smallest absolute Gasteiger partial charge is 0.279 e. The van der Waals surface area contributed by atoms with Crippen molar-refractivity contribution in [2.75, 3.05) is 4.90 Å². The summed E-state index contributed by atoms with van der Waals surface area (Å²) in [6.07, 6.45) is 1.80. The standard InChI is InChI=1S/C22H23N3O2/c1-2-3-16-25-21(26)15-14-20(23-25)22(27)24(19-12-8-5-9-13-19)17-18-10-6-4-7-11-18/h4-15H,2-3,16-17H2,1H3. The molecule has 0 fully saturated rings. The van der Waals surface area contributed by atoms with Gasteiger partial charge in [0.1, 0.15) is 5.69 Å². The zero-order valence-electron chi connectivity index (χ0n) is 15.4. The molecule has 0 atom stereocenters. The Balaban J connectivity index is 1.94. The van der Waals surface area contributed by atoms with E-state index in [-0.39, 0.29) is 17.2 Å². The minimum Gasteiger partial charge on any atom is -0.303 e. The summed E-state index contributed by atoms with van der Waals surface area (Å²) in [7, 11) is 0. The average Bonchev–Trinajstić information content (AvgIpc) is 2.72. The first-order chi connectivity index (χ1) is 13.2. The van der Waals surface area contributed by atoms with Crippen molar-refractivity contribution in [3.05, 3.63) is 94.4 Å². The van der Waals surface area contributed by atoms with Gasteiger partial charge in [0.15, 0.2) is 0 Å². The van der Waals surface area contributed by atoms with Gasteiger partial charge in [0, 0.05) is 18.3 Å². The van der Waals surface area contributed by atoms with Crippen molar-refractivity contribution >= 4 is 11.6 Å². The van der Waals surface area contributed by atoms with Crippen molar-refractivity contribution in [1.82, 2.24) is 9.78 Å². The van der Waals surface area contributed by atoms with E-state index < -0.39 is 0 Å². The normalized spacial score (nSPS) is 10.6. The molecule has 3 rings (SSSR count). The lowest BCUT2D eigenvalue weighted by atomic mass is 10.2. The van der Waals surface area contributed by atoms with Crippen molar-refractivity contribution in [2.45, 2.75) is 32.9 Å². The number of aryl methyl sites for hydroxylation is 1. The van der Waals surface area contributed by atoms with Gasteiger partial charge in [-0.15, -0.1) is 0 Å².